The molecule has 23 heavy (non-hydrogen) atoms. The summed E-state index contributed by atoms with van der Waals surface area (Å²) in [6, 6.07) is 7.37. The molecular weight excluding hydrogens is 311 g/mol. The third kappa shape index (κ3) is 3.50. The number of carbonyl (C=O) groups excluding carboxylic acids is 2. The van der Waals surface area contributed by atoms with E-state index in [-0.39, 0.29) is 17.9 Å². The lowest BCUT2D eigenvalue weighted by Crippen LogP contribution is -2.18. The van der Waals surface area contributed by atoms with Crippen molar-refractivity contribution in [1.29, 1.82) is 0 Å². The summed E-state index contributed by atoms with van der Waals surface area (Å²) in [6.45, 7) is 1.76. The maximum atomic E-state index is 13.6. The highest BCUT2D eigenvalue weighted by Crippen LogP contribution is 2.20. The molecule has 0 saturated carbocycles. The van der Waals surface area contributed by atoms with E-state index >= 15 is 0 Å². The van der Waals surface area contributed by atoms with Gasteiger partial charge in [0.1, 0.15) is 0 Å². The Labute approximate surface area is 129 Å². The molecule has 120 valence electrons. The second-order valence-electron chi connectivity index (χ2n) is 4.44. The van der Waals surface area contributed by atoms with Crippen molar-refractivity contribution >= 4 is 17.6 Å². The zero-order valence-electron chi connectivity index (χ0n) is 12.0. The quantitative estimate of drug-likeness (QED) is 0.692. The fourth-order valence-electron chi connectivity index (χ4n) is 1.87. The molecule has 0 heterocycles. The summed E-state index contributed by atoms with van der Waals surface area (Å²) < 4.78 is 44.6. The molecule has 0 atom stereocenters. The Morgan fingerprint density at radius 2 is 1.70 bits per heavy atom. The van der Waals surface area contributed by atoms with Gasteiger partial charge in [-0.2, -0.15) is 0 Å². The van der Waals surface area contributed by atoms with Gasteiger partial charge in [0.25, 0.3) is 5.91 Å². The van der Waals surface area contributed by atoms with Gasteiger partial charge in [0.15, 0.2) is 17.5 Å². The van der Waals surface area contributed by atoms with Gasteiger partial charge in [-0.25, -0.2) is 18.0 Å². The van der Waals surface area contributed by atoms with E-state index in [9.17, 15) is 22.8 Å². The van der Waals surface area contributed by atoms with E-state index in [0.29, 0.717) is 6.07 Å². The molecule has 1 N–H and O–H groups in total. The molecular formula is C16H12F3NO3. The summed E-state index contributed by atoms with van der Waals surface area (Å²) in [5.74, 6) is -6.43. The first-order valence-corrected chi connectivity index (χ1v) is 6.66. The fraction of sp³-hybridized carbons (Fsp3) is 0.125. The number of nitrogens with one attached hydrogen (secondary N) is 1. The van der Waals surface area contributed by atoms with Crippen LogP contribution < -0.4 is 5.32 Å². The normalized spacial score (nSPS) is 10.3. The van der Waals surface area contributed by atoms with Crippen LogP contribution in [0.25, 0.3) is 0 Å². The first kappa shape index (κ1) is 16.5. The highest BCUT2D eigenvalue weighted by Gasteiger charge is 2.20. The molecule has 0 aromatic heterocycles. The van der Waals surface area contributed by atoms with Gasteiger partial charge in [0.2, 0.25) is 0 Å². The number of anilines is 1. The number of hydrogen-bond acceptors (Lipinski definition) is 3. The lowest BCUT2D eigenvalue weighted by molar-refractivity contribution is 0.0527. The molecule has 7 heteroatoms. The third-order valence-corrected chi connectivity index (χ3v) is 2.95. The van der Waals surface area contributed by atoms with Crippen molar-refractivity contribution < 1.29 is 27.5 Å². The van der Waals surface area contributed by atoms with E-state index < -0.39 is 34.9 Å². The van der Waals surface area contributed by atoms with Crippen molar-refractivity contribution in [2.45, 2.75) is 6.92 Å². The van der Waals surface area contributed by atoms with E-state index in [1.807, 2.05) is 0 Å². The molecule has 0 aliphatic heterocycles. The van der Waals surface area contributed by atoms with Crippen LogP contribution in [0, 0.1) is 17.5 Å². The highest BCUT2D eigenvalue weighted by molar-refractivity contribution is 6.08. The number of amides is 1. The monoisotopic (exact) mass is 323 g/mol. The summed E-state index contributed by atoms with van der Waals surface area (Å²) in [4.78, 5) is 23.8. The Bertz CT molecular complexity index is 762. The smallest absolute Gasteiger partial charge is 0.340 e. The average molecular weight is 323 g/mol. The molecule has 0 fully saturated rings. The SMILES string of the molecule is CCOC(=O)c1ccccc1NC(=O)c1ccc(F)c(F)c1F. The first-order chi connectivity index (χ1) is 11.0. The van der Waals surface area contributed by atoms with Gasteiger partial charge in [-0.15, -0.1) is 0 Å². The molecule has 0 saturated heterocycles. The van der Waals surface area contributed by atoms with Crippen molar-refractivity contribution in [1.82, 2.24) is 0 Å². The minimum Gasteiger partial charge on any atom is -0.462 e. The van der Waals surface area contributed by atoms with Crippen molar-refractivity contribution in [2.75, 3.05) is 11.9 Å². The van der Waals surface area contributed by atoms with E-state index in [0.717, 1.165) is 6.07 Å². The van der Waals surface area contributed by atoms with Crippen LogP contribution in [0.15, 0.2) is 36.4 Å². The van der Waals surface area contributed by atoms with E-state index in [1.165, 1.54) is 12.1 Å². The molecule has 0 aliphatic rings. The van der Waals surface area contributed by atoms with Gasteiger partial charge in [0, 0.05) is 0 Å². The van der Waals surface area contributed by atoms with Gasteiger partial charge in [0.05, 0.1) is 23.4 Å². The Hall–Kier alpha value is -2.83. The van der Waals surface area contributed by atoms with Gasteiger partial charge >= 0.3 is 5.97 Å². The summed E-state index contributed by atoms with van der Waals surface area (Å²) in [6.07, 6.45) is 0. The molecule has 0 aliphatic carbocycles. The third-order valence-electron chi connectivity index (χ3n) is 2.95. The van der Waals surface area contributed by atoms with Crippen LogP contribution in [-0.4, -0.2) is 18.5 Å². The number of rotatable bonds is 4. The molecule has 2 aromatic rings. The number of para-hydroxylation sites is 1. The van der Waals surface area contributed by atoms with E-state index in [2.05, 4.69) is 5.32 Å². The van der Waals surface area contributed by atoms with Crippen LogP contribution >= 0.6 is 0 Å². The molecule has 2 rings (SSSR count). The lowest BCUT2D eigenvalue weighted by Gasteiger charge is -2.11. The maximum Gasteiger partial charge on any atom is 0.340 e. The van der Waals surface area contributed by atoms with Crippen LogP contribution in [0.3, 0.4) is 0 Å². The number of hydrogen-bond donors (Lipinski definition) is 1. The predicted octanol–water partition coefficient (Wildman–Crippen LogP) is 3.53. The van der Waals surface area contributed by atoms with Crippen LogP contribution in [0.5, 0.6) is 0 Å². The van der Waals surface area contributed by atoms with Crippen molar-refractivity contribution in [3.05, 3.63) is 65.0 Å². The number of carbonyl (C=O) groups is 2. The number of halogens is 3. The van der Waals surface area contributed by atoms with Gasteiger partial charge in [-0.3, -0.25) is 4.79 Å². The van der Waals surface area contributed by atoms with Crippen LogP contribution in [0.2, 0.25) is 0 Å². The Kier molecular flexibility index (Phi) is 5.00. The second kappa shape index (κ2) is 6.95. The van der Waals surface area contributed by atoms with Crippen LogP contribution in [0.1, 0.15) is 27.6 Å². The number of esters is 1. The first-order valence-electron chi connectivity index (χ1n) is 6.66. The Morgan fingerprint density at radius 3 is 2.39 bits per heavy atom. The summed E-state index contributed by atoms with van der Waals surface area (Å²) >= 11 is 0. The zero-order chi connectivity index (χ0) is 17.0. The number of ether oxygens (including phenoxy) is 1. The predicted molar refractivity (Wildman–Crippen MR) is 76.7 cm³/mol. The average Bonchev–Trinajstić information content (AvgIpc) is 2.53. The summed E-state index contributed by atoms with van der Waals surface area (Å²) in [5.41, 5.74) is -0.548. The summed E-state index contributed by atoms with van der Waals surface area (Å²) in [7, 11) is 0. The van der Waals surface area contributed by atoms with Crippen molar-refractivity contribution in [3.8, 4) is 0 Å². The Balaban J connectivity index is 2.31. The standard InChI is InChI=1S/C16H12F3NO3/c1-2-23-16(22)9-5-3-4-6-12(9)20-15(21)10-7-8-11(17)14(19)13(10)18/h3-8H,2H2,1H3,(H,20,21). The molecule has 2 aromatic carbocycles. The fourth-order valence-corrected chi connectivity index (χ4v) is 1.87. The van der Waals surface area contributed by atoms with Gasteiger partial charge in [-0.05, 0) is 31.2 Å². The molecule has 4 nitrogen and oxygen atoms in total. The van der Waals surface area contributed by atoms with Gasteiger partial charge in [-0.1, -0.05) is 12.1 Å². The molecule has 0 unspecified atom stereocenters. The number of benzene rings is 2. The maximum absolute atomic E-state index is 13.6. The minimum absolute atomic E-state index is 0.0608. The molecule has 0 bridgehead atoms. The van der Waals surface area contributed by atoms with Gasteiger partial charge < -0.3 is 10.1 Å². The van der Waals surface area contributed by atoms with Crippen LogP contribution in [-0.2, 0) is 4.74 Å². The second-order valence-corrected chi connectivity index (χ2v) is 4.44. The highest BCUT2D eigenvalue weighted by atomic mass is 19.2. The minimum atomic E-state index is -1.74. The van der Waals surface area contributed by atoms with Crippen molar-refractivity contribution in [3.63, 3.8) is 0 Å². The topological polar surface area (TPSA) is 55.4 Å². The molecule has 0 radical (unpaired) electrons. The van der Waals surface area contributed by atoms with Crippen LogP contribution in [0.4, 0.5) is 18.9 Å². The van der Waals surface area contributed by atoms with E-state index in [4.69, 9.17) is 4.74 Å². The Morgan fingerprint density at radius 1 is 1.00 bits per heavy atom. The van der Waals surface area contributed by atoms with E-state index in [1.54, 1.807) is 19.1 Å². The summed E-state index contributed by atoms with van der Waals surface area (Å²) in [5, 5.41) is 2.28. The molecule has 0 spiro atoms. The van der Waals surface area contributed by atoms with Crippen molar-refractivity contribution in [2.24, 2.45) is 0 Å². The molecule has 1 amide bonds. The largest absolute Gasteiger partial charge is 0.462 e. The lowest BCUT2D eigenvalue weighted by atomic mass is 10.1. The zero-order valence-corrected chi connectivity index (χ0v) is 12.0.